The topological polar surface area (TPSA) is 105 Å². The van der Waals surface area contributed by atoms with Gasteiger partial charge in [0.2, 0.25) is 6.79 Å². The molecule has 168 valence electrons. The van der Waals surface area contributed by atoms with Gasteiger partial charge in [-0.25, -0.2) is 0 Å². The van der Waals surface area contributed by atoms with Gasteiger partial charge in [-0.1, -0.05) is 42.5 Å². The second-order valence-electron chi connectivity index (χ2n) is 7.49. The van der Waals surface area contributed by atoms with Crippen LogP contribution in [0, 0.1) is 0 Å². The van der Waals surface area contributed by atoms with Gasteiger partial charge in [-0.2, -0.15) is 0 Å². The molecule has 3 aromatic carbocycles. The molecule has 0 bridgehead atoms. The lowest BCUT2D eigenvalue weighted by Crippen LogP contribution is -2.35. The Morgan fingerprint density at radius 3 is 2.39 bits per heavy atom. The van der Waals surface area contributed by atoms with E-state index in [4.69, 9.17) is 9.47 Å². The summed E-state index contributed by atoms with van der Waals surface area (Å²) in [6.45, 7) is 0.142. The summed E-state index contributed by atoms with van der Waals surface area (Å²) in [5.74, 6) is -0.636. The summed E-state index contributed by atoms with van der Waals surface area (Å²) in [6, 6.07) is 20.8. The molecule has 8 heteroatoms. The van der Waals surface area contributed by atoms with Crippen molar-refractivity contribution in [2.45, 2.75) is 13.1 Å². The zero-order chi connectivity index (χ0) is 23.2. The Morgan fingerprint density at radius 2 is 1.61 bits per heavy atom. The minimum Gasteiger partial charge on any atom is -0.480 e. The van der Waals surface area contributed by atoms with Crippen LogP contribution in [0.5, 0.6) is 11.5 Å². The van der Waals surface area contributed by atoms with E-state index >= 15 is 0 Å². The molecule has 4 rings (SSSR count). The van der Waals surface area contributed by atoms with Crippen LogP contribution in [0.4, 0.5) is 0 Å². The van der Waals surface area contributed by atoms with Gasteiger partial charge in [0.15, 0.2) is 11.5 Å². The number of fused-ring (bicyclic) bond motifs is 1. The van der Waals surface area contributed by atoms with Gasteiger partial charge in [-0.15, -0.1) is 0 Å². The SMILES string of the molecule is O=C(O)CN(Cc1ccccc1)C(=O)c1cccc(C(=O)NCc2ccc3c(c2)OCO3)c1. The summed E-state index contributed by atoms with van der Waals surface area (Å²) in [5.41, 5.74) is 2.19. The quantitative estimate of drug-likeness (QED) is 0.551. The highest BCUT2D eigenvalue weighted by molar-refractivity contribution is 6.00. The highest BCUT2D eigenvalue weighted by Gasteiger charge is 2.20. The summed E-state index contributed by atoms with van der Waals surface area (Å²) in [6.07, 6.45) is 0. The summed E-state index contributed by atoms with van der Waals surface area (Å²) in [7, 11) is 0. The van der Waals surface area contributed by atoms with Gasteiger partial charge in [0, 0.05) is 24.2 Å². The van der Waals surface area contributed by atoms with E-state index in [9.17, 15) is 19.5 Å². The van der Waals surface area contributed by atoms with Crippen molar-refractivity contribution in [3.8, 4) is 11.5 Å². The number of carboxylic acids is 1. The first-order valence-corrected chi connectivity index (χ1v) is 10.3. The van der Waals surface area contributed by atoms with Gasteiger partial charge in [0.05, 0.1) is 0 Å². The van der Waals surface area contributed by atoms with Crippen molar-refractivity contribution < 1.29 is 29.0 Å². The van der Waals surface area contributed by atoms with E-state index < -0.39 is 18.4 Å². The number of nitrogens with zero attached hydrogens (tertiary/aromatic N) is 1. The summed E-state index contributed by atoms with van der Waals surface area (Å²) >= 11 is 0. The number of aliphatic carboxylic acids is 1. The maximum atomic E-state index is 13.1. The number of carbonyl (C=O) groups excluding carboxylic acids is 2. The maximum Gasteiger partial charge on any atom is 0.323 e. The number of hydrogen-bond donors (Lipinski definition) is 2. The highest BCUT2D eigenvalue weighted by atomic mass is 16.7. The first-order chi connectivity index (χ1) is 16.0. The molecule has 0 spiro atoms. The number of carboxylic acid groups (broad SMARTS) is 1. The van der Waals surface area contributed by atoms with Crippen LogP contribution < -0.4 is 14.8 Å². The van der Waals surface area contributed by atoms with E-state index in [-0.39, 0.29) is 31.4 Å². The van der Waals surface area contributed by atoms with E-state index in [1.807, 2.05) is 36.4 Å². The van der Waals surface area contributed by atoms with Crippen LogP contribution in [0.1, 0.15) is 31.8 Å². The van der Waals surface area contributed by atoms with Crippen molar-refractivity contribution in [2.24, 2.45) is 0 Å². The Kier molecular flexibility index (Phi) is 6.54. The molecule has 8 nitrogen and oxygen atoms in total. The Morgan fingerprint density at radius 1 is 0.848 bits per heavy atom. The lowest BCUT2D eigenvalue weighted by atomic mass is 10.1. The molecular formula is C25H22N2O6. The summed E-state index contributed by atoms with van der Waals surface area (Å²) < 4.78 is 10.6. The molecule has 1 heterocycles. The average molecular weight is 446 g/mol. The van der Waals surface area contributed by atoms with Crippen molar-refractivity contribution in [3.05, 3.63) is 95.1 Å². The van der Waals surface area contributed by atoms with Gasteiger partial charge >= 0.3 is 5.97 Å². The molecule has 0 aliphatic carbocycles. The first kappa shape index (κ1) is 21.9. The third-order valence-electron chi connectivity index (χ3n) is 5.09. The molecule has 0 fully saturated rings. The van der Waals surface area contributed by atoms with Crippen molar-refractivity contribution >= 4 is 17.8 Å². The lowest BCUT2D eigenvalue weighted by molar-refractivity contribution is -0.137. The largest absolute Gasteiger partial charge is 0.480 e. The Hall–Kier alpha value is -4.33. The molecule has 0 unspecified atom stereocenters. The highest BCUT2D eigenvalue weighted by Crippen LogP contribution is 2.32. The van der Waals surface area contributed by atoms with Crippen LogP contribution in [0.25, 0.3) is 0 Å². The molecule has 0 aromatic heterocycles. The Balaban J connectivity index is 1.45. The lowest BCUT2D eigenvalue weighted by Gasteiger charge is -2.21. The fourth-order valence-electron chi connectivity index (χ4n) is 3.48. The fraction of sp³-hybridized carbons (Fsp3) is 0.160. The van der Waals surface area contributed by atoms with Gasteiger partial charge in [0.25, 0.3) is 11.8 Å². The normalized spacial score (nSPS) is 11.6. The van der Waals surface area contributed by atoms with Gasteiger partial charge < -0.3 is 24.8 Å². The Labute approximate surface area is 190 Å². The molecule has 0 saturated heterocycles. The minimum atomic E-state index is -1.11. The van der Waals surface area contributed by atoms with Gasteiger partial charge in [-0.05, 0) is 41.5 Å². The van der Waals surface area contributed by atoms with Crippen molar-refractivity contribution in [1.82, 2.24) is 10.2 Å². The number of rotatable bonds is 8. The molecule has 2 amide bonds. The molecule has 2 N–H and O–H groups in total. The second kappa shape index (κ2) is 9.86. The number of ether oxygens (including phenoxy) is 2. The van der Waals surface area contributed by atoms with E-state index in [1.54, 1.807) is 30.3 Å². The van der Waals surface area contributed by atoms with E-state index in [0.29, 0.717) is 17.1 Å². The smallest absolute Gasteiger partial charge is 0.323 e. The van der Waals surface area contributed by atoms with Gasteiger partial charge in [0.1, 0.15) is 6.54 Å². The predicted molar refractivity (Wildman–Crippen MR) is 119 cm³/mol. The third kappa shape index (κ3) is 5.48. The molecule has 0 radical (unpaired) electrons. The number of hydrogen-bond acceptors (Lipinski definition) is 5. The van der Waals surface area contributed by atoms with Crippen molar-refractivity contribution in [2.75, 3.05) is 13.3 Å². The van der Waals surface area contributed by atoms with E-state index in [0.717, 1.165) is 11.1 Å². The van der Waals surface area contributed by atoms with Crippen LogP contribution in [-0.2, 0) is 17.9 Å². The van der Waals surface area contributed by atoms with Crippen molar-refractivity contribution in [1.29, 1.82) is 0 Å². The molecular weight excluding hydrogens is 424 g/mol. The summed E-state index contributed by atoms with van der Waals surface area (Å²) in [5, 5.41) is 12.1. The number of nitrogens with one attached hydrogen (secondary N) is 1. The fourth-order valence-corrected chi connectivity index (χ4v) is 3.48. The zero-order valence-electron chi connectivity index (χ0n) is 17.7. The zero-order valence-corrected chi connectivity index (χ0v) is 17.7. The van der Waals surface area contributed by atoms with Crippen molar-refractivity contribution in [3.63, 3.8) is 0 Å². The predicted octanol–water partition coefficient (Wildman–Crippen LogP) is 3.07. The molecule has 0 atom stereocenters. The molecule has 33 heavy (non-hydrogen) atoms. The van der Waals surface area contributed by atoms with Crippen LogP contribution >= 0.6 is 0 Å². The second-order valence-corrected chi connectivity index (χ2v) is 7.49. The van der Waals surface area contributed by atoms with Crippen LogP contribution in [0.2, 0.25) is 0 Å². The van der Waals surface area contributed by atoms with Gasteiger partial charge in [-0.3, -0.25) is 14.4 Å². The Bertz CT molecular complexity index is 1180. The van der Waals surface area contributed by atoms with Crippen LogP contribution in [0.3, 0.4) is 0 Å². The number of carbonyl (C=O) groups is 3. The monoisotopic (exact) mass is 446 g/mol. The van der Waals surface area contributed by atoms with Crippen LogP contribution in [-0.4, -0.2) is 41.1 Å². The number of amides is 2. The standard InChI is InChI=1S/C25H22N2O6/c28-23(29)15-27(14-17-5-2-1-3-6-17)25(31)20-8-4-7-19(12-20)24(30)26-13-18-9-10-21-22(11-18)33-16-32-21/h1-12H,13-16H2,(H,26,30)(H,28,29). The first-order valence-electron chi connectivity index (χ1n) is 10.3. The van der Waals surface area contributed by atoms with E-state index in [1.165, 1.54) is 11.0 Å². The summed E-state index contributed by atoms with van der Waals surface area (Å²) in [4.78, 5) is 38.3. The minimum absolute atomic E-state index is 0.145. The third-order valence-corrected chi connectivity index (χ3v) is 5.09. The number of benzene rings is 3. The molecule has 1 aliphatic rings. The molecule has 3 aromatic rings. The van der Waals surface area contributed by atoms with Crippen LogP contribution in [0.15, 0.2) is 72.8 Å². The average Bonchev–Trinajstić information content (AvgIpc) is 3.30. The molecule has 0 saturated carbocycles. The van der Waals surface area contributed by atoms with E-state index in [2.05, 4.69) is 5.32 Å². The molecule has 1 aliphatic heterocycles. The maximum absolute atomic E-state index is 13.1.